The van der Waals surface area contributed by atoms with Gasteiger partial charge in [-0.2, -0.15) is 0 Å². The molecule has 4 rings (SSSR count). The Balaban J connectivity index is 1.49. The summed E-state index contributed by atoms with van der Waals surface area (Å²) in [6.45, 7) is 0. The van der Waals surface area contributed by atoms with Gasteiger partial charge in [-0.3, -0.25) is 4.79 Å². The zero-order valence-corrected chi connectivity index (χ0v) is 17.4. The van der Waals surface area contributed by atoms with Crippen LogP contribution >= 0.6 is 23.1 Å². The Morgan fingerprint density at radius 3 is 2.66 bits per heavy atom. The summed E-state index contributed by atoms with van der Waals surface area (Å²) >= 11 is 3.12. The number of nitrogens with zero attached hydrogens (tertiary/aromatic N) is 2. The van der Waals surface area contributed by atoms with Crippen molar-refractivity contribution in [2.45, 2.75) is 11.4 Å². The Morgan fingerprint density at radius 1 is 1.07 bits per heavy atom. The van der Waals surface area contributed by atoms with Crippen LogP contribution in [-0.4, -0.2) is 28.7 Å². The van der Waals surface area contributed by atoms with E-state index in [1.165, 1.54) is 16.6 Å². The normalized spacial score (nSPS) is 10.8. The molecule has 0 aliphatic rings. The number of thioether (sulfide) groups is 1. The third-order valence-corrected chi connectivity index (χ3v) is 6.11. The second-order valence-corrected chi connectivity index (χ2v) is 8.28. The van der Waals surface area contributed by atoms with E-state index in [0.29, 0.717) is 6.42 Å². The molecular formula is C22H19N3O2S2. The summed E-state index contributed by atoms with van der Waals surface area (Å²) in [7, 11) is 1.61. The number of hydrogen-bond acceptors (Lipinski definition) is 6. The second-order valence-electron chi connectivity index (χ2n) is 6.28. The molecule has 146 valence electrons. The lowest BCUT2D eigenvalue weighted by Gasteiger charge is -2.09. The number of ether oxygens (including phenoxy) is 1. The quantitative estimate of drug-likeness (QED) is 0.335. The Morgan fingerprint density at radius 2 is 1.90 bits per heavy atom. The first-order valence-corrected chi connectivity index (χ1v) is 10.9. The third kappa shape index (κ3) is 4.93. The van der Waals surface area contributed by atoms with Crippen molar-refractivity contribution in [3.05, 3.63) is 76.7 Å². The van der Waals surface area contributed by atoms with Crippen molar-refractivity contribution in [2.24, 2.45) is 0 Å². The van der Waals surface area contributed by atoms with E-state index in [1.807, 2.05) is 54.6 Å². The van der Waals surface area contributed by atoms with Gasteiger partial charge in [-0.25, -0.2) is 9.97 Å². The standard InChI is InChI=1S/C22H19N3O2S2/c1-27-16-10-8-15(9-11-16)23-21(26)14-29-22-18-6-2-3-7-19(18)24-20(25-22)13-17-5-4-12-28-17/h2-12H,13-14H2,1H3,(H,23,26). The van der Waals surface area contributed by atoms with Crippen LogP contribution in [0.1, 0.15) is 10.7 Å². The van der Waals surface area contributed by atoms with Gasteiger partial charge in [0.1, 0.15) is 16.6 Å². The minimum absolute atomic E-state index is 0.0809. The number of methoxy groups -OCH3 is 1. The molecule has 0 aliphatic heterocycles. The zero-order chi connectivity index (χ0) is 20.1. The number of aromatic nitrogens is 2. The van der Waals surface area contributed by atoms with E-state index in [1.54, 1.807) is 18.4 Å². The van der Waals surface area contributed by atoms with Gasteiger partial charge in [-0.05, 0) is 41.8 Å². The van der Waals surface area contributed by atoms with E-state index in [4.69, 9.17) is 14.7 Å². The molecule has 2 aromatic heterocycles. The summed E-state index contributed by atoms with van der Waals surface area (Å²) in [5.74, 6) is 1.71. The van der Waals surface area contributed by atoms with Gasteiger partial charge in [0.2, 0.25) is 5.91 Å². The largest absolute Gasteiger partial charge is 0.497 e. The summed E-state index contributed by atoms with van der Waals surface area (Å²) in [5.41, 5.74) is 1.63. The first-order valence-electron chi connectivity index (χ1n) is 9.06. The van der Waals surface area contributed by atoms with E-state index < -0.39 is 0 Å². The first kappa shape index (κ1) is 19.4. The molecule has 29 heavy (non-hydrogen) atoms. The number of thiophene rings is 1. The van der Waals surface area contributed by atoms with Crippen LogP contribution in [0.3, 0.4) is 0 Å². The smallest absolute Gasteiger partial charge is 0.234 e. The van der Waals surface area contributed by atoms with Gasteiger partial charge >= 0.3 is 0 Å². The lowest BCUT2D eigenvalue weighted by molar-refractivity contribution is -0.113. The minimum atomic E-state index is -0.0809. The minimum Gasteiger partial charge on any atom is -0.497 e. The van der Waals surface area contributed by atoms with Crippen molar-refractivity contribution in [1.29, 1.82) is 0 Å². The van der Waals surface area contributed by atoms with Crippen molar-refractivity contribution < 1.29 is 9.53 Å². The number of amides is 1. The monoisotopic (exact) mass is 421 g/mol. The molecule has 0 unspecified atom stereocenters. The fraction of sp³-hybridized carbons (Fsp3) is 0.136. The SMILES string of the molecule is COc1ccc(NC(=O)CSc2nc(Cc3cccs3)nc3ccccc23)cc1. The zero-order valence-electron chi connectivity index (χ0n) is 15.8. The lowest BCUT2D eigenvalue weighted by atomic mass is 10.2. The average molecular weight is 422 g/mol. The Kier molecular flexibility index (Phi) is 6.07. The number of para-hydroxylation sites is 1. The Bertz CT molecular complexity index is 1110. The van der Waals surface area contributed by atoms with Crippen LogP contribution in [0.25, 0.3) is 10.9 Å². The average Bonchev–Trinajstić information content (AvgIpc) is 3.25. The molecule has 2 aromatic carbocycles. The summed E-state index contributed by atoms with van der Waals surface area (Å²) < 4.78 is 5.14. The number of fused-ring (bicyclic) bond motifs is 1. The van der Waals surface area contributed by atoms with Crippen LogP contribution in [0, 0.1) is 0 Å². The second kappa shape index (κ2) is 9.07. The summed E-state index contributed by atoms with van der Waals surface area (Å²) in [5, 5.41) is 6.75. The van der Waals surface area contributed by atoms with Gasteiger partial charge in [0.25, 0.3) is 0 Å². The summed E-state index contributed by atoms with van der Waals surface area (Å²) in [6.07, 6.45) is 0.689. The summed E-state index contributed by atoms with van der Waals surface area (Å²) in [6, 6.07) is 19.3. The van der Waals surface area contributed by atoms with Gasteiger partial charge < -0.3 is 10.1 Å². The van der Waals surface area contributed by atoms with Gasteiger partial charge in [0.15, 0.2) is 0 Å². The Labute approximate surface area is 177 Å². The number of carbonyl (C=O) groups is 1. The maximum absolute atomic E-state index is 12.4. The third-order valence-electron chi connectivity index (χ3n) is 4.24. The number of carbonyl (C=O) groups excluding carboxylic acids is 1. The molecule has 0 aliphatic carbocycles. The number of hydrogen-bond donors (Lipinski definition) is 1. The summed E-state index contributed by atoms with van der Waals surface area (Å²) in [4.78, 5) is 23.1. The highest BCUT2D eigenvalue weighted by Gasteiger charge is 2.12. The molecule has 0 fully saturated rings. The molecule has 4 aromatic rings. The Hall–Kier alpha value is -2.90. The molecule has 7 heteroatoms. The van der Waals surface area contributed by atoms with Gasteiger partial charge in [-0.1, -0.05) is 36.0 Å². The number of rotatable bonds is 7. The van der Waals surface area contributed by atoms with E-state index >= 15 is 0 Å². The molecule has 0 bridgehead atoms. The fourth-order valence-corrected chi connectivity index (χ4v) is 4.40. The predicted octanol–water partition coefficient (Wildman–Crippen LogP) is 5.02. The van der Waals surface area contributed by atoms with Crippen LogP contribution in [0.15, 0.2) is 71.1 Å². The van der Waals surface area contributed by atoms with Crippen molar-refractivity contribution in [2.75, 3.05) is 18.2 Å². The molecule has 2 heterocycles. The fourth-order valence-electron chi connectivity index (χ4n) is 2.86. The van der Waals surface area contributed by atoms with E-state index in [9.17, 15) is 4.79 Å². The maximum Gasteiger partial charge on any atom is 0.234 e. The highest BCUT2D eigenvalue weighted by Crippen LogP contribution is 2.26. The van der Waals surface area contributed by atoms with E-state index in [0.717, 1.165) is 33.2 Å². The number of anilines is 1. The molecule has 0 saturated carbocycles. The molecule has 1 N–H and O–H groups in total. The van der Waals surface area contributed by atoms with Crippen molar-refractivity contribution in [3.8, 4) is 5.75 Å². The molecule has 0 atom stereocenters. The first-order chi connectivity index (χ1) is 14.2. The number of benzene rings is 2. The van der Waals surface area contributed by atoms with Gasteiger partial charge in [0, 0.05) is 22.4 Å². The highest BCUT2D eigenvalue weighted by atomic mass is 32.2. The molecule has 1 amide bonds. The van der Waals surface area contributed by atoms with E-state index in [2.05, 4.69) is 16.8 Å². The molecule has 0 spiro atoms. The van der Waals surface area contributed by atoms with Crippen LogP contribution in [0.5, 0.6) is 5.75 Å². The van der Waals surface area contributed by atoms with Crippen molar-refractivity contribution >= 4 is 45.6 Å². The van der Waals surface area contributed by atoms with Crippen LogP contribution in [0.2, 0.25) is 0 Å². The van der Waals surface area contributed by atoms with Crippen LogP contribution < -0.4 is 10.1 Å². The lowest BCUT2D eigenvalue weighted by Crippen LogP contribution is -2.14. The topological polar surface area (TPSA) is 64.1 Å². The molecular weight excluding hydrogens is 402 g/mol. The van der Waals surface area contributed by atoms with Gasteiger partial charge in [-0.15, -0.1) is 11.3 Å². The molecule has 0 radical (unpaired) electrons. The molecule has 0 saturated heterocycles. The van der Waals surface area contributed by atoms with Crippen LogP contribution in [-0.2, 0) is 11.2 Å². The van der Waals surface area contributed by atoms with Crippen molar-refractivity contribution in [3.63, 3.8) is 0 Å². The number of nitrogens with one attached hydrogen (secondary N) is 1. The van der Waals surface area contributed by atoms with Gasteiger partial charge in [0.05, 0.1) is 18.4 Å². The molecule has 5 nitrogen and oxygen atoms in total. The predicted molar refractivity (Wildman–Crippen MR) is 119 cm³/mol. The highest BCUT2D eigenvalue weighted by molar-refractivity contribution is 8.00. The maximum atomic E-state index is 12.4. The van der Waals surface area contributed by atoms with Crippen LogP contribution in [0.4, 0.5) is 5.69 Å². The van der Waals surface area contributed by atoms with E-state index in [-0.39, 0.29) is 11.7 Å². The van der Waals surface area contributed by atoms with Crippen molar-refractivity contribution in [1.82, 2.24) is 9.97 Å².